The molecule has 2 nitrogen and oxygen atoms in total. The summed E-state index contributed by atoms with van der Waals surface area (Å²) in [5.74, 6) is 0.492. The summed E-state index contributed by atoms with van der Waals surface area (Å²) in [4.78, 5) is 3.95. The molecule has 3 aromatic carbocycles. The number of allylic oxidation sites excluding steroid dienone is 2. The number of aryl methyl sites for hydroxylation is 1. The van der Waals surface area contributed by atoms with Crippen molar-refractivity contribution in [2.75, 3.05) is 4.90 Å². The van der Waals surface area contributed by atoms with Crippen molar-refractivity contribution in [1.82, 2.24) is 0 Å². The van der Waals surface area contributed by atoms with Gasteiger partial charge in [0.05, 0.1) is 5.69 Å². The molecule has 1 aliphatic rings. The SMILES string of the molecule is CC1=C(C(C)C)SC(c2ccccc2)N1c1c(C)ccc2c1oc1ccccc12. The van der Waals surface area contributed by atoms with Crippen LogP contribution in [0.25, 0.3) is 21.9 Å². The first-order valence-electron chi connectivity index (χ1n) is 10.2. The smallest absolute Gasteiger partial charge is 0.159 e. The molecule has 0 fully saturated rings. The highest BCUT2D eigenvalue weighted by molar-refractivity contribution is 8.03. The molecule has 0 bridgehead atoms. The molecule has 1 aromatic heterocycles. The second kappa shape index (κ2) is 7.00. The van der Waals surface area contributed by atoms with Crippen molar-refractivity contribution in [3.05, 3.63) is 88.5 Å². The number of para-hydroxylation sites is 1. The molecule has 1 unspecified atom stereocenters. The second-order valence-corrected chi connectivity index (χ2v) is 9.18. The predicted molar refractivity (Wildman–Crippen MR) is 125 cm³/mol. The highest BCUT2D eigenvalue weighted by Gasteiger charge is 2.36. The van der Waals surface area contributed by atoms with Gasteiger partial charge >= 0.3 is 0 Å². The van der Waals surface area contributed by atoms with Gasteiger partial charge in [0.25, 0.3) is 0 Å². The summed E-state index contributed by atoms with van der Waals surface area (Å²) in [6.45, 7) is 9.01. The predicted octanol–water partition coefficient (Wildman–Crippen LogP) is 8.03. The van der Waals surface area contributed by atoms with Gasteiger partial charge in [-0.15, -0.1) is 0 Å². The lowest BCUT2D eigenvalue weighted by atomic mass is 10.1. The van der Waals surface area contributed by atoms with Gasteiger partial charge in [-0.2, -0.15) is 0 Å². The number of rotatable bonds is 3. The molecular weight excluding hydrogens is 374 g/mol. The van der Waals surface area contributed by atoms with E-state index in [2.05, 4.69) is 93.3 Å². The normalized spacial score (nSPS) is 17.3. The van der Waals surface area contributed by atoms with Crippen LogP contribution in [0.3, 0.4) is 0 Å². The van der Waals surface area contributed by atoms with Gasteiger partial charge in [0, 0.05) is 21.4 Å². The van der Waals surface area contributed by atoms with Crippen molar-refractivity contribution in [2.24, 2.45) is 5.92 Å². The molecule has 0 amide bonds. The molecule has 0 radical (unpaired) electrons. The van der Waals surface area contributed by atoms with Crippen molar-refractivity contribution >= 4 is 39.4 Å². The van der Waals surface area contributed by atoms with Gasteiger partial charge in [0.15, 0.2) is 5.58 Å². The molecule has 5 rings (SSSR count). The Morgan fingerprint density at radius 2 is 1.59 bits per heavy atom. The van der Waals surface area contributed by atoms with E-state index in [1.54, 1.807) is 0 Å². The largest absolute Gasteiger partial charge is 0.454 e. The van der Waals surface area contributed by atoms with Crippen LogP contribution >= 0.6 is 11.8 Å². The van der Waals surface area contributed by atoms with Crippen molar-refractivity contribution < 1.29 is 4.42 Å². The zero-order valence-electron chi connectivity index (χ0n) is 17.3. The first kappa shape index (κ1) is 18.4. The third-order valence-electron chi connectivity index (χ3n) is 5.76. The Kier molecular flexibility index (Phi) is 4.44. The average molecular weight is 400 g/mol. The van der Waals surface area contributed by atoms with Crippen molar-refractivity contribution in [3.8, 4) is 0 Å². The lowest BCUT2D eigenvalue weighted by Crippen LogP contribution is -2.22. The molecule has 3 heteroatoms. The fraction of sp³-hybridized carbons (Fsp3) is 0.231. The van der Waals surface area contributed by atoms with Gasteiger partial charge in [-0.25, -0.2) is 0 Å². The van der Waals surface area contributed by atoms with Gasteiger partial charge in [-0.3, -0.25) is 0 Å². The standard InChI is InChI=1S/C26H25NOS/c1-16(2)25-18(4)27(26(29-25)19-10-6-5-7-11-19)23-17(3)14-15-21-20-12-8-9-13-22(20)28-24(21)23/h5-16,26H,1-4H3. The number of hydrogen-bond donors (Lipinski definition) is 0. The maximum Gasteiger partial charge on any atom is 0.159 e. The summed E-state index contributed by atoms with van der Waals surface area (Å²) in [6, 6.07) is 23.6. The first-order valence-corrected chi connectivity index (χ1v) is 11.1. The fourth-order valence-electron chi connectivity index (χ4n) is 4.40. The van der Waals surface area contributed by atoms with Gasteiger partial charge in [-0.1, -0.05) is 86.3 Å². The molecule has 0 N–H and O–H groups in total. The Hall–Kier alpha value is -2.65. The highest BCUT2D eigenvalue weighted by atomic mass is 32.2. The van der Waals surface area contributed by atoms with Gasteiger partial charge < -0.3 is 9.32 Å². The molecule has 0 saturated carbocycles. The fourth-order valence-corrected chi connectivity index (χ4v) is 5.84. The summed E-state index contributed by atoms with van der Waals surface area (Å²) < 4.78 is 6.43. The highest BCUT2D eigenvalue weighted by Crippen LogP contribution is 2.54. The van der Waals surface area contributed by atoms with Crippen LogP contribution in [0.5, 0.6) is 0 Å². The summed E-state index contributed by atoms with van der Waals surface area (Å²) in [7, 11) is 0. The number of nitrogens with zero attached hydrogens (tertiary/aromatic N) is 1. The van der Waals surface area contributed by atoms with E-state index in [1.165, 1.54) is 38.2 Å². The Bertz CT molecular complexity index is 1240. The summed E-state index contributed by atoms with van der Waals surface area (Å²) in [6.07, 6.45) is 0. The monoisotopic (exact) mass is 399 g/mol. The maximum atomic E-state index is 6.43. The molecular formula is C26H25NOS. The number of benzene rings is 3. The third-order valence-corrected chi connectivity index (χ3v) is 7.49. The van der Waals surface area contributed by atoms with E-state index < -0.39 is 0 Å². The molecule has 1 aliphatic heterocycles. The van der Waals surface area contributed by atoms with Crippen LogP contribution in [-0.4, -0.2) is 0 Å². The minimum atomic E-state index is 0.214. The average Bonchev–Trinajstić information content (AvgIpc) is 3.27. The van der Waals surface area contributed by atoms with Crippen molar-refractivity contribution in [2.45, 2.75) is 33.1 Å². The molecule has 0 saturated heterocycles. The van der Waals surface area contributed by atoms with Crippen LogP contribution < -0.4 is 4.90 Å². The van der Waals surface area contributed by atoms with Crippen molar-refractivity contribution in [1.29, 1.82) is 0 Å². The van der Waals surface area contributed by atoms with Crippen LogP contribution in [0, 0.1) is 12.8 Å². The Morgan fingerprint density at radius 3 is 2.34 bits per heavy atom. The number of fused-ring (bicyclic) bond motifs is 3. The summed E-state index contributed by atoms with van der Waals surface area (Å²) >= 11 is 1.97. The summed E-state index contributed by atoms with van der Waals surface area (Å²) in [5.41, 5.74) is 7.01. The molecule has 0 spiro atoms. The number of hydrogen-bond acceptors (Lipinski definition) is 3. The molecule has 1 atom stereocenters. The quantitative estimate of drug-likeness (QED) is 0.347. The summed E-state index contributed by atoms with van der Waals surface area (Å²) in [5, 5.41) is 2.58. The second-order valence-electron chi connectivity index (χ2n) is 8.06. The van der Waals surface area contributed by atoms with Crippen LogP contribution in [0.4, 0.5) is 5.69 Å². The minimum absolute atomic E-state index is 0.214. The third kappa shape index (κ3) is 2.87. The molecule has 2 heterocycles. The Morgan fingerprint density at radius 1 is 0.862 bits per heavy atom. The van der Waals surface area contributed by atoms with Crippen LogP contribution in [0.15, 0.2) is 81.7 Å². The minimum Gasteiger partial charge on any atom is -0.454 e. The number of furan rings is 1. The van der Waals surface area contributed by atoms with E-state index in [4.69, 9.17) is 4.42 Å². The molecule has 0 aliphatic carbocycles. The van der Waals surface area contributed by atoms with E-state index in [1.807, 2.05) is 17.8 Å². The number of anilines is 1. The molecule has 4 aromatic rings. The van der Waals surface area contributed by atoms with E-state index in [0.717, 1.165) is 11.2 Å². The van der Waals surface area contributed by atoms with E-state index in [0.29, 0.717) is 5.92 Å². The van der Waals surface area contributed by atoms with E-state index >= 15 is 0 Å². The molecule has 29 heavy (non-hydrogen) atoms. The topological polar surface area (TPSA) is 16.4 Å². The Balaban J connectivity index is 1.79. The van der Waals surface area contributed by atoms with Gasteiger partial charge in [0.1, 0.15) is 11.0 Å². The van der Waals surface area contributed by atoms with Crippen LogP contribution in [0.2, 0.25) is 0 Å². The number of thioether (sulfide) groups is 1. The maximum absolute atomic E-state index is 6.43. The van der Waals surface area contributed by atoms with Gasteiger partial charge in [0.2, 0.25) is 0 Å². The van der Waals surface area contributed by atoms with Crippen molar-refractivity contribution in [3.63, 3.8) is 0 Å². The first-order chi connectivity index (χ1) is 14.1. The Labute approximate surface area is 176 Å². The lowest BCUT2D eigenvalue weighted by molar-refractivity contribution is 0.665. The van der Waals surface area contributed by atoms with Crippen LogP contribution in [0.1, 0.15) is 37.3 Å². The van der Waals surface area contributed by atoms with E-state index in [-0.39, 0.29) is 5.37 Å². The van der Waals surface area contributed by atoms with Crippen LogP contribution in [-0.2, 0) is 0 Å². The molecule has 146 valence electrons. The zero-order chi connectivity index (χ0) is 20.1. The lowest BCUT2D eigenvalue weighted by Gasteiger charge is -2.29. The van der Waals surface area contributed by atoms with Gasteiger partial charge in [-0.05, 0) is 37.0 Å². The zero-order valence-corrected chi connectivity index (χ0v) is 18.1. The van der Waals surface area contributed by atoms with E-state index in [9.17, 15) is 0 Å².